The van der Waals surface area contributed by atoms with Gasteiger partial charge in [0.1, 0.15) is 0 Å². The quantitative estimate of drug-likeness (QED) is 0.290. The molecule has 0 saturated heterocycles. The van der Waals surface area contributed by atoms with Crippen LogP contribution < -0.4 is 17.0 Å². The second kappa shape index (κ2) is 4.71. The summed E-state index contributed by atoms with van der Waals surface area (Å²) in [7, 11) is 0. The van der Waals surface area contributed by atoms with Crippen LogP contribution in [0.25, 0.3) is 0 Å². The SMILES string of the molecule is NNC(=O)c1ccc(C(N)CO)cc1. The Morgan fingerprint density at radius 1 is 1.43 bits per heavy atom. The van der Waals surface area contributed by atoms with E-state index < -0.39 is 6.04 Å². The molecule has 0 aliphatic carbocycles. The van der Waals surface area contributed by atoms with Gasteiger partial charge in [-0.05, 0) is 17.7 Å². The molecule has 5 nitrogen and oxygen atoms in total. The zero-order valence-electron chi connectivity index (χ0n) is 7.60. The number of benzene rings is 1. The molecule has 1 rings (SSSR count). The zero-order chi connectivity index (χ0) is 10.6. The lowest BCUT2D eigenvalue weighted by molar-refractivity contribution is 0.0953. The number of aliphatic hydroxyl groups is 1. The van der Waals surface area contributed by atoms with Crippen molar-refractivity contribution in [3.8, 4) is 0 Å². The van der Waals surface area contributed by atoms with E-state index in [0.29, 0.717) is 5.56 Å². The predicted molar refractivity (Wildman–Crippen MR) is 52.1 cm³/mol. The van der Waals surface area contributed by atoms with Crippen molar-refractivity contribution in [1.29, 1.82) is 0 Å². The van der Waals surface area contributed by atoms with Crippen LogP contribution in [0.5, 0.6) is 0 Å². The molecule has 0 radical (unpaired) electrons. The second-order valence-corrected chi connectivity index (χ2v) is 2.88. The van der Waals surface area contributed by atoms with Crippen LogP contribution in [0.3, 0.4) is 0 Å². The smallest absolute Gasteiger partial charge is 0.265 e. The Bertz CT molecular complexity index is 310. The molecule has 14 heavy (non-hydrogen) atoms. The van der Waals surface area contributed by atoms with Gasteiger partial charge >= 0.3 is 0 Å². The average Bonchev–Trinajstić information content (AvgIpc) is 2.27. The number of nitrogen functional groups attached to an aromatic ring is 1. The predicted octanol–water partition coefficient (Wildman–Crippen LogP) is -0.718. The molecule has 76 valence electrons. The lowest BCUT2D eigenvalue weighted by Crippen LogP contribution is -2.30. The maximum atomic E-state index is 11.0. The Balaban J connectivity index is 2.83. The van der Waals surface area contributed by atoms with Crippen LogP contribution in [0.2, 0.25) is 0 Å². The van der Waals surface area contributed by atoms with E-state index in [1.807, 2.05) is 5.43 Å². The minimum Gasteiger partial charge on any atom is -0.394 e. The average molecular weight is 195 g/mol. The van der Waals surface area contributed by atoms with Gasteiger partial charge in [-0.25, -0.2) is 5.84 Å². The summed E-state index contributed by atoms with van der Waals surface area (Å²) in [6, 6.07) is 6.17. The number of nitrogens with two attached hydrogens (primary N) is 2. The van der Waals surface area contributed by atoms with Crippen LogP contribution >= 0.6 is 0 Å². The van der Waals surface area contributed by atoms with Gasteiger partial charge in [0.2, 0.25) is 0 Å². The highest BCUT2D eigenvalue weighted by atomic mass is 16.3. The van der Waals surface area contributed by atoms with Gasteiger partial charge in [0, 0.05) is 5.56 Å². The molecule has 5 heteroatoms. The van der Waals surface area contributed by atoms with Crippen molar-refractivity contribution in [2.24, 2.45) is 11.6 Å². The third-order valence-electron chi connectivity index (χ3n) is 1.93. The third kappa shape index (κ3) is 2.29. The van der Waals surface area contributed by atoms with Crippen molar-refractivity contribution in [2.75, 3.05) is 6.61 Å². The van der Waals surface area contributed by atoms with Crippen molar-refractivity contribution in [3.63, 3.8) is 0 Å². The van der Waals surface area contributed by atoms with Crippen LogP contribution in [0.4, 0.5) is 0 Å². The largest absolute Gasteiger partial charge is 0.394 e. The Labute approximate surface area is 81.7 Å². The molecule has 1 atom stereocenters. The molecule has 0 saturated carbocycles. The number of hydrogen-bond acceptors (Lipinski definition) is 4. The summed E-state index contributed by atoms with van der Waals surface area (Å²) < 4.78 is 0. The number of hydrogen-bond donors (Lipinski definition) is 4. The maximum absolute atomic E-state index is 11.0. The zero-order valence-corrected chi connectivity index (χ0v) is 7.60. The van der Waals surface area contributed by atoms with E-state index in [1.165, 1.54) is 0 Å². The molecule has 0 aromatic heterocycles. The van der Waals surface area contributed by atoms with Crippen LogP contribution in [-0.2, 0) is 0 Å². The highest BCUT2D eigenvalue weighted by Gasteiger charge is 2.06. The Hall–Kier alpha value is -1.43. The molecule has 0 spiro atoms. The summed E-state index contributed by atoms with van der Waals surface area (Å²) in [6.45, 7) is -0.123. The molecule has 6 N–H and O–H groups in total. The van der Waals surface area contributed by atoms with E-state index in [9.17, 15) is 4.79 Å². The molecule has 0 aliphatic rings. The second-order valence-electron chi connectivity index (χ2n) is 2.88. The molecule has 0 bridgehead atoms. The highest BCUT2D eigenvalue weighted by Crippen LogP contribution is 2.10. The molecule has 0 aliphatic heterocycles. The fourth-order valence-corrected chi connectivity index (χ4v) is 1.07. The minimum atomic E-state index is -0.412. The van der Waals surface area contributed by atoms with Crippen molar-refractivity contribution < 1.29 is 9.90 Å². The van der Waals surface area contributed by atoms with E-state index in [-0.39, 0.29) is 12.5 Å². The van der Waals surface area contributed by atoms with E-state index in [0.717, 1.165) is 5.56 Å². The maximum Gasteiger partial charge on any atom is 0.265 e. The van der Waals surface area contributed by atoms with Gasteiger partial charge in [-0.15, -0.1) is 0 Å². The number of rotatable bonds is 3. The number of carbonyl (C=O) groups excluding carboxylic acids is 1. The fraction of sp³-hybridized carbons (Fsp3) is 0.222. The highest BCUT2D eigenvalue weighted by molar-refractivity contribution is 5.93. The van der Waals surface area contributed by atoms with Crippen molar-refractivity contribution in [2.45, 2.75) is 6.04 Å². The number of hydrazine groups is 1. The normalized spacial score (nSPS) is 12.2. The van der Waals surface area contributed by atoms with Gasteiger partial charge in [0.15, 0.2) is 0 Å². The summed E-state index contributed by atoms with van der Waals surface area (Å²) in [6.07, 6.45) is 0. The third-order valence-corrected chi connectivity index (χ3v) is 1.93. The van der Waals surface area contributed by atoms with E-state index in [1.54, 1.807) is 24.3 Å². The summed E-state index contributed by atoms with van der Waals surface area (Å²) in [5, 5.41) is 8.79. The number of carbonyl (C=O) groups is 1. The number of amides is 1. The van der Waals surface area contributed by atoms with E-state index in [2.05, 4.69) is 0 Å². The van der Waals surface area contributed by atoms with Gasteiger partial charge < -0.3 is 10.8 Å². The molecular formula is C9H13N3O2. The Kier molecular flexibility index (Phi) is 3.58. The van der Waals surface area contributed by atoms with Crippen LogP contribution in [-0.4, -0.2) is 17.6 Å². The van der Waals surface area contributed by atoms with Gasteiger partial charge in [-0.2, -0.15) is 0 Å². The first-order valence-corrected chi connectivity index (χ1v) is 4.16. The van der Waals surface area contributed by atoms with Crippen molar-refractivity contribution >= 4 is 5.91 Å². The first-order chi connectivity index (χ1) is 6.69. The first kappa shape index (κ1) is 10.6. The van der Waals surface area contributed by atoms with Gasteiger partial charge in [-0.1, -0.05) is 12.1 Å². The Morgan fingerprint density at radius 2 is 2.00 bits per heavy atom. The standard InChI is InChI=1S/C9H13N3O2/c10-8(5-13)6-1-3-7(4-2-6)9(14)12-11/h1-4,8,13H,5,10-11H2,(H,12,14). The van der Waals surface area contributed by atoms with Crippen molar-refractivity contribution in [3.05, 3.63) is 35.4 Å². The van der Waals surface area contributed by atoms with Crippen LogP contribution in [0.15, 0.2) is 24.3 Å². The molecule has 1 aromatic carbocycles. The number of aliphatic hydroxyl groups excluding tert-OH is 1. The van der Waals surface area contributed by atoms with Gasteiger partial charge in [0.25, 0.3) is 5.91 Å². The first-order valence-electron chi connectivity index (χ1n) is 4.16. The summed E-state index contributed by atoms with van der Waals surface area (Å²) >= 11 is 0. The molecule has 1 amide bonds. The Morgan fingerprint density at radius 3 is 2.43 bits per heavy atom. The van der Waals surface area contributed by atoms with Gasteiger partial charge in [0.05, 0.1) is 12.6 Å². The van der Waals surface area contributed by atoms with Crippen LogP contribution in [0, 0.1) is 0 Å². The van der Waals surface area contributed by atoms with Gasteiger partial charge in [-0.3, -0.25) is 10.2 Å². The molecule has 1 aromatic rings. The minimum absolute atomic E-state index is 0.123. The number of nitrogens with one attached hydrogen (secondary N) is 1. The molecule has 0 fully saturated rings. The lowest BCUT2D eigenvalue weighted by Gasteiger charge is -2.08. The topological polar surface area (TPSA) is 101 Å². The fourth-order valence-electron chi connectivity index (χ4n) is 1.07. The lowest BCUT2D eigenvalue weighted by atomic mass is 10.1. The summed E-state index contributed by atoms with van der Waals surface area (Å²) in [5.41, 5.74) is 8.84. The summed E-state index contributed by atoms with van der Waals surface area (Å²) in [5.74, 6) is 4.61. The molecular weight excluding hydrogens is 182 g/mol. The molecule has 1 unspecified atom stereocenters. The van der Waals surface area contributed by atoms with Crippen LogP contribution in [0.1, 0.15) is 22.0 Å². The van der Waals surface area contributed by atoms with E-state index >= 15 is 0 Å². The van der Waals surface area contributed by atoms with Crippen molar-refractivity contribution in [1.82, 2.24) is 5.43 Å². The monoisotopic (exact) mass is 195 g/mol. The molecule has 0 heterocycles. The van der Waals surface area contributed by atoms with E-state index in [4.69, 9.17) is 16.7 Å². The summed E-state index contributed by atoms with van der Waals surface area (Å²) in [4.78, 5) is 11.0.